The Balaban J connectivity index is 1.26. The molecule has 0 radical (unpaired) electrons. The van der Waals surface area contributed by atoms with Gasteiger partial charge in [-0.2, -0.15) is 0 Å². The van der Waals surface area contributed by atoms with Gasteiger partial charge in [0.05, 0.1) is 0 Å². The average molecular weight is 614 g/mol. The second kappa shape index (κ2) is 9.47. The first-order valence-electron chi connectivity index (χ1n) is 16.0. The summed E-state index contributed by atoms with van der Waals surface area (Å²) < 4.78 is 12.8. The monoisotopic (exact) mass is 613 g/mol. The minimum atomic E-state index is 0.577. The van der Waals surface area contributed by atoms with Gasteiger partial charge in [0, 0.05) is 43.8 Å². The van der Waals surface area contributed by atoms with Crippen LogP contribution in [0.4, 0.5) is 0 Å². The van der Waals surface area contributed by atoms with Crippen LogP contribution in [0.25, 0.3) is 111 Å². The van der Waals surface area contributed by atoms with E-state index in [-0.39, 0.29) is 0 Å². The van der Waals surface area contributed by atoms with Crippen LogP contribution in [0.1, 0.15) is 0 Å². The molecular weight excluding hydrogens is 590 g/mol. The Morgan fingerprint density at radius 2 is 1.00 bits per heavy atom. The average Bonchev–Trinajstić information content (AvgIpc) is 3.81. The van der Waals surface area contributed by atoms with Gasteiger partial charge in [0.15, 0.2) is 17.5 Å². The summed E-state index contributed by atoms with van der Waals surface area (Å²) in [6.07, 6.45) is 0. The van der Waals surface area contributed by atoms with E-state index in [4.69, 9.17) is 23.8 Å². The van der Waals surface area contributed by atoms with Crippen molar-refractivity contribution in [2.75, 3.05) is 0 Å². The molecule has 5 heteroatoms. The largest absolute Gasteiger partial charge is 0.456 e. The summed E-state index contributed by atoms with van der Waals surface area (Å²) in [5.41, 5.74) is 10.6. The Kier molecular flexibility index (Phi) is 5.05. The zero-order valence-corrected chi connectivity index (χ0v) is 25.4. The zero-order chi connectivity index (χ0) is 31.3. The van der Waals surface area contributed by atoms with Crippen LogP contribution in [0.15, 0.2) is 148 Å². The molecule has 0 atom stereocenters. The predicted molar refractivity (Wildman–Crippen MR) is 193 cm³/mol. The number of nitrogens with zero attached hydrogens (tertiary/aromatic N) is 3. The van der Waals surface area contributed by atoms with Crippen LogP contribution >= 0.6 is 0 Å². The van der Waals surface area contributed by atoms with E-state index in [9.17, 15) is 0 Å². The number of hydrogen-bond acceptors (Lipinski definition) is 5. The molecule has 0 spiro atoms. The third kappa shape index (κ3) is 3.53. The molecule has 1 aliphatic carbocycles. The first-order chi connectivity index (χ1) is 23.8. The molecule has 0 saturated heterocycles. The van der Waals surface area contributed by atoms with Crippen molar-refractivity contribution in [3.05, 3.63) is 140 Å². The van der Waals surface area contributed by atoms with E-state index in [0.717, 1.165) is 71.7 Å². The lowest BCUT2D eigenvalue weighted by molar-refractivity contribution is 0.668. The zero-order valence-electron chi connectivity index (χ0n) is 25.4. The fourth-order valence-corrected chi connectivity index (χ4v) is 7.57. The fourth-order valence-electron chi connectivity index (χ4n) is 7.57. The Bertz CT molecular complexity index is 2950. The van der Waals surface area contributed by atoms with Gasteiger partial charge in [-0.25, -0.2) is 15.0 Å². The quantitative estimate of drug-likeness (QED) is 0.198. The van der Waals surface area contributed by atoms with Crippen LogP contribution in [0.3, 0.4) is 0 Å². The molecule has 3 heterocycles. The summed E-state index contributed by atoms with van der Waals surface area (Å²) in [6.45, 7) is 0. The van der Waals surface area contributed by atoms with E-state index < -0.39 is 0 Å². The molecule has 11 rings (SSSR count). The Morgan fingerprint density at radius 3 is 1.83 bits per heavy atom. The molecule has 0 saturated carbocycles. The molecule has 7 aromatic carbocycles. The van der Waals surface area contributed by atoms with Crippen LogP contribution in [0, 0.1) is 0 Å². The molecule has 3 aromatic heterocycles. The van der Waals surface area contributed by atoms with E-state index in [0.29, 0.717) is 17.5 Å². The maximum atomic E-state index is 6.56. The normalized spacial score (nSPS) is 12.2. The Labute approximate surface area is 273 Å². The third-order valence-electron chi connectivity index (χ3n) is 9.66. The van der Waals surface area contributed by atoms with Gasteiger partial charge in [-0.3, -0.25) is 0 Å². The molecule has 0 aliphatic heterocycles. The van der Waals surface area contributed by atoms with Gasteiger partial charge in [-0.15, -0.1) is 0 Å². The maximum absolute atomic E-state index is 6.56. The summed E-state index contributed by atoms with van der Waals surface area (Å²) in [5, 5.41) is 6.61. The Hall–Kier alpha value is -6.59. The summed E-state index contributed by atoms with van der Waals surface area (Å²) in [6, 6.07) is 47.9. The second-order valence-electron chi connectivity index (χ2n) is 12.3. The van der Waals surface area contributed by atoms with Crippen molar-refractivity contribution >= 4 is 54.6 Å². The summed E-state index contributed by atoms with van der Waals surface area (Å²) >= 11 is 0. The van der Waals surface area contributed by atoms with Gasteiger partial charge in [0.1, 0.15) is 22.3 Å². The van der Waals surface area contributed by atoms with Gasteiger partial charge in [0.2, 0.25) is 0 Å². The van der Waals surface area contributed by atoms with Crippen LogP contribution in [-0.2, 0) is 0 Å². The number of fused-ring (bicyclic) bond motifs is 9. The fraction of sp³-hybridized carbons (Fsp3) is 0. The summed E-state index contributed by atoms with van der Waals surface area (Å²) in [4.78, 5) is 15.6. The number of para-hydroxylation sites is 2. The van der Waals surface area contributed by atoms with E-state index in [2.05, 4.69) is 72.8 Å². The molecule has 0 amide bonds. The number of rotatable bonds is 3. The SMILES string of the molecule is c1ccc(-c2nc(-c3ccc4c(c3)oc3ccccc34)nc(-c3c4c(cc5oc6ccccc6c35)-c3cccc5cccc-4c35)n2)cc1. The van der Waals surface area contributed by atoms with E-state index in [1.807, 2.05) is 66.7 Å². The molecule has 0 unspecified atom stereocenters. The topological polar surface area (TPSA) is 65.0 Å². The molecule has 48 heavy (non-hydrogen) atoms. The highest BCUT2D eigenvalue weighted by Crippen LogP contribution is 2.54. The lowest BCUT2D eigenvalue weighted by Crippen LogP contribution is -2.01. The molecule has 0 N–H and O–H groups in total. The number of aromatic nitrogens is 3. The third-order valence-corrected chi connectivity index (χ3v) is 9.66. The Morgan fingerprint density at radius 1 is 0.354 bits per heavy atom. The van der Waals surface area contributed by atoms with Gasteiger partial charge < -0.3 is 8.83 Å². The van der Waals surface area contributed by atoms with E-state index in [1.165, 1.54) is 21.9 Å². The van der Waals surface area contributed by atoms with Crippen molar-refractivity contribution in [2.24, 2.45) is 0 Å². The molecule has 0 bridgehead atoms. The number of benzene rings is 7. The van der Waals surface area contributed by atoms with Crippen molar-refractivity contribution in [1.82, 2.24) is 15.0 Å². The van der Waals surface area contributed by atoms with Gasteiger partial charge in [-0.1, -0.05) is 109 Å². The van der Waals surface area contributed by atoms with Gasteiger partial charge in [-0.05, 0) is 57.8 Å². The molecule has 1 aliphatic rings. The van der Waals surface area contributed by atoms with Gasteiger partial charge >= 0.3 is 0 Å². The van der Waals surface area contributed by atoms with Crippen molar-refractivity contribution in [3.63, 3.8) is 0 Å². The molecule has 10 aromatic rings. The molecular formula is C43H23N3O2. The van der Waals surface area contributed by atoms with Crippen LogP contribution in [-0.4, -0.2) is 15.0 Å². The standard InChI is InChI=1S/C43H23N3O2/c1-2-10-25(11-3-1)41-44-42(26-20-21-28-27-14-4-6-18-33(27)47-35(28)22-26)46-43(45-41)40-38-31-17-9-13-24-12-8-16-29(37(24)31)32(38)23-36-39(40)30-15-5-7-19-34(30)48-36/h1-23H. The minimum Gasteiger partial charge on any atom is -0.456 e. The number of hydrogen-bond donors (Lipinski definition) is 0. The maximum Gasteiger partial charge on any atom is 0.165 e. The van der Waals surface area contributed by atoms with Crippen LogP contribution < -0.4 is 0 Å². The van der Waals surface area contributed by atoms with Gasteiger partial charge in [0.25, 0.3) is 0 Å². The first kappa shape index (κ1) is 25.6. The minimum absolute atomic E-state index is 0.577. The molecule has 5 nitrogen and oxygen atoms in total. The first-order valence-corrected chi connectivity index (χ1v) is 16.0. The van der Waals surface area contributed by atoms with Crippen LogP contribution in [0.2, 0.25) is 0 Å². The van der Waals surface area contributed by atoms with E-state index in [1.54, 1.807) is 0 Å². The summed E-state index contributed by atoms with van der Waals surface area (Å²) in [7, 11) is 0. The molecule has 0 fully saturated rings. The van der Waals surface area contributed by atoms with Crippen molar-refractivity contribution in [3.8, 4) is 56.4 Å². The van der Waals surface area contributed by atoms with Crippen molar-refractivity contribution in [1.29, 1.82) is 0 Å². The highest BCUT2D eigenvalue weighted by molar-refractivity contribution is 6.25. The lowest BCUT2D eigenvalue weighted by atomic mass is 9.93. The second-order valence-corrected chi connectivity index (χ2v) is 12.3. The lowest BCUT2D eigenvalue weighted by Gasteiger charge is -2.14. The number of furan rings is 2. The predicted octanol–water partition coefficient (Wildman–Crippen LogP) is 11.5. The van der Waals surface area contributed by atoms with Crippen LogP contribution in [0.5, 0.6) is 0 Å². The molecule has 222 valence electrons. The highest BCUT2D eigenvalue weighted by Gasteiger charge is 2.30. The highest BCUT2D eigenvalue weighted by atomic mass is 16.3. The van der Waals surface area contributed by atoms with Crippen molar-refractivity contribution in [2.45, 2.75) is 0 Å². The summed E-state index contributed by atoms with van der Waals surface area (Å²) in [5.74, 6) is 1.78. The van der Waals surface area contributed by atoms with Crippen molar-refractivity contribution < 1.29 is 8.83 Å². The van der Waals surface area contributed by atoms with E-state index >= 15 is 0 Å². The smallest absolute Gasteiger partial charge is 0.165 e.